The number of primary amides is 1. The molecule has 3 unspecified atom stereocenters. The second-order valence-corrected chi connectivity index (χ2v) is 17.8. The number of Topliss-reactive ketones (excluding diaryl/α,β-unsaturated/α-hetero) is 3. The van der Waals surface area contributed by atoms with Crippen LogP contribution in [0.1, 0.15) is 118 Å². The van der Waals surface area contributed by atoms with Crippen molar-refractivity contribution in [3.8, 4) is 0 Å². The monoisotopic (exact) mass is 594 g/mol. The van der Waals surface area contributed by atoms with E-state index in [1.807, 2.05) is 20.8 Å². The van der Waals surface area contributed by atoms with Crippen molar-refractivity contribution in [2.45, 2.75) is 124 Å². The summed E-state index contributed by atoms with van der Waals surface area (Å²) in [5.41, 5.74) is 5.05. The number of nitrogens with two attached hydrogens (primary N) is 1. The molecule has 0 aromatic rings. The van der Waals surface area contributed by atoms with Gasteiger partial charge < -0.3 is 10.6 Å². The first kappa shape index (κ1) is 31.0. The van der Waals surface area contributed by atoms with Gasteiger partial charge in [0.25, 0.3) is 5.91 Å². The average molecular weight is 595 g/mol. The van der Waals surface area contributed by atoms with E-state index in [1.165, 1.54) is 38.5 Å². The first-order valence-corrected chi connectivity index (χ1v) is 17.3. The van der Waals surface area contributed by atoms with Gasteiger partial charge in [-0.25, -0.2) is 0 Å². The molecular weight excluding hydrogens is 540 g/mol. The quantitative estimate of drug-likeness (QED) is 0.299. The Labute approximate surface area is 257 Å². The minimum Gasteiger partial charge on any atom is -0.363 e. The van der Waals surface area contributed by atoms with Gasteiger partial charge in [0.05, 0.1) is 6.04 Å². The van der Waals surface area contributed by atoms with Gasteiger partial charge in [-0.05, 0) is 96.7 Å². The second kappa shape index (κ2) is 10.8. The van der Waals surface area contributed by atoms with Gasteiger partial charge in [0.2, 0.25) is 11.7 Å². The Morgan fingerprint density at radius 1 is 0.907 bits per heavy atom. The van der Waals surface area contributed by atoms with Crippen LogP contribution in [0.2, 0.25) is 0 Å². The Bertz CT molecular complexity index is 1160. The second-order valence-electron chi connectivity index (χ2n) is 17.8. The molecule has 0 radical (unpaired) electrons. The number of carbonyl (C=O) groups excluding carboxylic acids is 5. The summed E-state index contributed by atoms with van der Waals surface area (Å²) in [5, 5.41) is 0. The van der Waals surface area contributed by atoms with Crippen molar-refractivity contribution in [2.24, 2.45) is 69.3 Å². The maximum Gasteiger partial charge on any atom is 0.285 e. The molecule has 7 heteroatoms. The van der Waals surface area contributed by atoms with Crippen LogP contribution in [0, 0.1) is 63.6 Å². The van der Waals surface area contributed by atoms with E-state index in [9.17, 15) is 24.0 Å². The van der Waals surface area contributed by atoms with Gasteiger partial charge in [-0.1, -0.05) is 53.9 Å². The molecule has 2 N–H and O–H groups in total. The van der Waals surface area contributed by atoms with Crippen molar-refractivity contribution in [2.75, 3.05) is 6.54 Å². The highest BCUT2D eigenvalue weighted by Crippen LogP contribution is 2.66. The van der Waals surface area contributed by atoms with E-state index in [0.717, 1.165) is 37.0 Å². The van der Waals surface area contributed by atoms with E-state index in [2.05, 4.69) is 13.8 Å². The van der Waals surface area contributed by atoms with Crippen LogP contribution in [0.5, 0.6) is 0 Å². The molecule has 1 saturated heterocycles. The van der Waals surface area contributed by atoms with Crippen LogP contribution in [0.3, 0.4) is 0 Å². The smallest absolute Gasteiger partial charge is 0.285 e. The Balaban J connectivity index is 1.18. The molecule has 238 valence electrons. The number of ketones is 3. The molecule has 4 bridgehead atoms. The fourth-order valence-corrected chi connectivity index (χ4v) is 11.1. The average Bonchev–Trinajstić information content (AvgIpc) is 3.18. The first-order valence-electron chi connectivity index (χ1n) is 17.3. The molecule has 7 fully saturated rings. The van der Waals surface area contributed by atoms with Gasteiger partial charge in [-0.2, -0.15) is 0 Å². The molecule has 0 aromatic heterocycles. The molecule has 5 atom stereocenters. The highest BCUT2D eigenvalue weighted by atomic mass is 16.2. The fraction of sp³-hybridized carbons (Fsp3) is 0.861. The summed E-state index contributed by atoms with van der Waals surface area (Å²) >= 11 is 0. The Kier molecular flexibility index (Phi) is 7.77. The summed E-state index contributed by atoms with van der Waals surface area (Å²) in [7, 11) is 0. The van der Waals surface area contributed by atoms with Crippen LogP contribution >= 0.6 is 0 Å². The topological polar surface area (TPSA) is 115 Å². The summed E-state index contributed by atoms with van der Waals surface area (Å²) in [4.78, 5) is 68.7. The molecule has 1 heterocycles. The zero-order valence-electron chi connectivity index (χ0n) is 27.2. The number of hydrogen-bond donors (Lipinski definition) is 1. The minimum atomic E-state index is -0.980. The largest absolute Gasteiger partial charge is 0.363 e. The van der Waals surface area contributed by atoms with Gasteiger partial charge in [0.15, 0.2) is 5.78 Å². The summed E-state index contributed by atoms with van der Waals surface area (Å²) in [6, 6.07) is -0.611. The molecule has 43 heavy (non-hydrogen) atoms. The fourth-order valence-electron chi connectivity index (χ4n) is 11.1. The number of likely N-dealkylation sites (tertiary alicyclic amines) is 1. The lowest BCUT2D eigenvalue weighted by Crippen LogP contribution is -2.51. The third kappa shape index (κ3) is 5.76. The van der Waals surface area contributed by atoms with E-state index < -0.39 is 35.0 Å². The molecular formula is C36H54N2O5. The first-order chi connectivity index (χ1) is 20.1. The van der Waals surface area contributed by atoms with Crippen molar-refractivity contribution in [3.63, 3.8) is 0 Å². The van der Waals surface area contributed by atoms with Gasteiger partial charge in [-0.3, -0.25) is 24.0 Å². The summed E-state index contributed by atoms with van der Waals surface area (Å²) in [6.45, 7) is 10.9. The van der Waals surface area contributed by atoms with Crippen molar-refractivity contribution < 1.29 is 24.0 Å². The molecule has 1 aliphatic heterocycles. The number of fused-ring (bicyclic) bond motifs is 1. The van der Waals surface area contributed by atoms with Crippen LogP contribution < -0.4 is 5.73 Å². The molecule has 6 aliphatic carbocycles. The van der Waals surface area contributed by atoms with Crippen LogP contribution in [0.25, 0.3) is 0 Å². The predicted octanol–water partition coefficient (Wildman–Crippen LogP) is 5.52. The van der Waals surface area contributed by atoms with Crippen LogP contribution in [0.4, 0.5) is 0 Å². The lowest BCUT2D eigenvalue weighted by molar-refractivity contribution is -0.149. The summed E-state index contributed by atoms with van der Waals surface area (Å²) in [6.07, 6.45) is 11.9. The zero-order chi connectivity index (χ0) is 31.1. The number of hydrogen-bond acceptors (Lipinski definition) is 5. The van der Waals surface area contributed by atoms with Crippen molar-refractivity contribution in [3.05, 3.63) is 0 Å². The standard InChI is InChI=1S/C36H54N2O5/c1-34(2,3)26(14-25(39)18-36-15-21-9-22(16-36)11-23(10-21)17-36)33(43)38-19-27-29(35(27,4)5)30(38)28(40)13-24(31(41)32(37)42)12-20-7-6-8-20/h20-24,26-27,29-30H,6-19H2,1-5H3,(H2,37,42)/t21?,22?,23?,24?,26-,27?,29?,30-,36?/m1/s1. The lowest BCUT2D eigenvalue weighted by atomic mass is 9.48. The van der Waals surface area contributed by atoms with Gasteiger partial charge >= 0.3 is 0 Å². The number of rotatable bonds is 12. The Morgan fingerprint density at radius 2 is 1.49 bits per heavy atom. The van der Waals surface area contributed by atoms with E-state index in [1.54, 1.807) is 4.90 Å². The molecule has 7 aliphatic rings. The van der Waals surface area contributed by atoms with Gasteiger partial charge in [0.1, 0.15) is 5.78 Å². The Morgan fingerprint density at radius 3 is 1.98 bits per heavy atom. The molecule has 7 nitrogen and oxygen atoms in total. The van der Waals surface area contributed by atoms with Gasteiger partial charge in [-0.15, -0.1) is 0 Å². The predicted molar refractivity (Wildman–Crippen MR) is 163 cm³/mol. The summed E-state index contributed by atoms with van der Waals surface area (Å²) < 4.78 is 0. The molecule has 2 amide bonds. The Hall–Kier alpha value is -2.05. The SMILES string of the molecule is CC1(C)C2CN(C(=O)[C@@H](CC(=O)CC34CC5CC(CC(C5)C3)C4)C(C)(C)C)[C@H](C(=O)CC(CC3CCC3)C(=O)C(N)=O)C21. The lowest BCUT2D eigenvalue weighted by Gasteiger charge is -2.56. The number of nitrogens with zero attached hydrogens (tertiary/aromatic N) is 1. The third-order valence-corrected chi connectivity index (χ3v) is 13.2. The van der Waals surface area contributed by atoms with Crippen molar-refractivity contribution in [1.82, 2.24) is 4.90 Å². The van der Waals surface area contributed by atoms with E-state index in [4.69, 9.17) is 5.73 Å². The summed E-state index contributed by atoms with van der Waals surface area (Å²) in [5.74, 6) is 0.0789. The van der Waals surface area contributed by atoms with Gasteiger partial charge in [0, 0.05) is 37.6 Å². The third-order valence-electron chi connectivity index (χ3n) is 13.2. The normalized spacial score (nSPS) is 36.9. The van der Waals surface area contributed by atoms with E-state index in [-0.39, 0.29) is 53.0 Å². The number of amides is 2. The molecule has 0 spiro atoms. The van der Waals surface area contributed by atoms with Crippen LogP contribution in [0.15, 0.2) is 0 Å². The number of carbonyl (C=O) groups is 5. The maximum absolute atomic E-state index is 14.4. The number of piperidine rings is 1. The van der Waals surface area contributed by atoms with Crippen molar-refractivity contribution in [1.29, 1.82) is 0 Å². The highest BCUT2D eigenvalue weighted by Gasteiger charge is 2.69. The maximum atomic E-state index is 14.4. The van der Waals surface area contributed by atoms with Crippen LogP contribution in [-0.2, 0) is 24.0 Å². The minimum absolute atomic E-state index is 0.0420. The van der Waals surface area contributed by atoms with Crippen molar-refractivity contribution >= 4 is 29.2 Å². The zero-order valence-corrected chi connectivity index (χ0v) is 27.2. The van der Waals surface area contributed by atoms with E-state index >= 15 is 0 Å². The molecule has 0 aromatic carbocycles. The highest BCUT2D eigenvalue weighted by molar-refractivity contribution is 6.36. The van der Waals surface area contributed by atoms with Crippen LogP contribution in [-0.4, -0.2) is 46.7 Å². The molecule has 7 rings (SSSR count). The van der Waals surface area contributed by atoms with E-state index in [0.29, 0.717) is 25.3 Å². The molecule has 6 saturated carbocycles.